The van der Waals surface area contributed by atoms with E-state index in [-0.39, 0.29) is 5.41 Å². The minimum absolute atomic E-state index is 0.0796. The highest BCUT2D eigenvalue weighted by atomic mass is 15.0. The molecule has 5 rings (SSSR count). The number of rotatable bonds is 2. The summed E-state index contributed by atoms with van der Waals surface area (Å²) in [5.74, 6) is 0.982. The molecule has 3 heterocycles. The maximum absolute atomic E-state index is 7.16. The molecule has 5 heteroatoms. The van der Waals surface area contributed by atoms with Gasteiger partial charge in [-0.15, -0.1) is 0 Å². The van der Waals surface area contributed by atoms with Crippen LogP contribution in [0.3, 0.4) is 0 Å². The van der Waals surface area contributed by atoms with Gasteiger partial charge in [0, 0.05) is 6.54 Å². The second kappa shape index (κ2) is 4.81. The van der Waals surface area contributed by atoms with Crippen molar-refractivity contribution in [2.45, 2.75) is 31.1 Å². The number of pyridine rings is 1. The molecule has 1 aliphatic carbocycles. The molecule has 0 spiro atoms. The SMILES string of the molecule is [C-]#[N+]c1ccc2nc(C3(c4ccc5c(n4)CCCN5)CC3)[nH]c2c1. The fourth-order valence-corrected chi connectivity index (χ4v) is 3.63. The van der Waals surface area contributed by atoms with Gasteiger partial charge in [-0.25, -0.2) is 9.83 Å². The molecule has 0 saturated heterocycles. The fourth-order valence-electron chi connectivity index (χ4n) is 3.63. The zero-order valence-corrected chi connectivity index (χ0v) is 13.3. The Kier molecular flexibility index (Phi) is 2.72. The van der Waals surface area contributed by atoms with Gasteiger partial charge in [-0.05, 0) is 49.9 Å². The van der Waals surface area contributed by atoms with Crippen LogP contribution >= 0.6 is 0 Å². The summed E-state index contributed by atoms with van der Waals surface area (Å²) >= 11 is 0. The highest BCUT2D eigenvalue weighted by Gasteiger charge is 2.50. The number of aryl methyl sites for hydroxylation is 1. The Morgan fingerprint density at radius 2 is 2.04 bits per heavy atom. The predicted octanol–water partition coefficient (Wildman–Crippen LogP) is 3.95. The fraction of sp³-hybridized carbons (Fsp3) is 0.316. The van der Waals surface area contributed by atoms with Gasteiger partial charge in [0.25, 0.3) is 0 Å². The quantitative estimate of drug-likeness (QED) is 0.704. The number of hydrogen-bond donors (Lipinski definition) is 2. The van der Waals surface area contributed by atoms with Crippen molar-refractivity contribution in [3.63, 3.8) is 0 Å². The van der Waals surface area contributed by atoms with Crippen molar-refractivity contribution in [2.24, 2.45) is 0 Å². The molecule has 0 unspecified atom stereocenters. The molecule has 0 atom stereocenters. The number of fused-ring (bicyclic) bond motifs is 2. The van der Waals surface area contributed by atoms with Crippen LogP contribution in [-0.2, 0) is 11.8 Å². The average Bonchev–Trinajstić information content (AvgIpc) is 3.34. The summed E-state index contributed by atoms with van der Waals surface area (Å²) in [4.78, 5) is 16.7. The lowest BCUT2D eigenvalue weighted by Crippen LogP contribution is -2.18. The summed E-state index contributed by atoms with van der Waals surface area (Å²) < 4.78 is 0. The van der Waals surface area contributed by atoms with Crippen molar-refractivity contribution in [1.29, 1.82) is 0 Å². The van der Waals surface area contributed by atoms with Gasteiger partial charge in [0.15, 0.2) is 5.69 Å². The van der Waals surface area contributed by atoms with Gasteiger partial charge in [-0.2, -0.15) is 0 Å². The predicted molar refractivity (Wildman–Crippen MR) is 93.4 cm³/mol. The van der Waals surface area contributed by atoms with E-state index in [0.29, 0.717) is 5.69 Å². The summed E-state index contributed by atoms with van der Waals surface area (Å²) in [7, 11) is 0. The van der Waals surface area contributed by atoms with Crippen molar-refractivity contribution in [3.05, 3.63) is 59.0 Å². The zero-order valence-electron chi connectivity index (χ0n) is 13.3. The lowest BCUT2D eigenvalue weighted by atomic mass is 9.99. The first-order chi connectivity index (χ1) is 11.8. The van der Waals surface area contributed by atoms with Crippen LogP contribution in [0.2, 0.25) is 0 Å². The van der Waals surface area contributed by atoms with Crippen molar-refractivity contribution in [3.8, 4) is 0 Å². The molecule has 3 aromatic rings. The summed E-state index contributed by atoms with van der Waals surface area (Å²) in [5, 5.41) is 3.42. The number of anilines is 1. The normalized spacial score (nSPS) is 17.8. The van der Waals surface area contributed by atoms with Crippen LogP contribution in [0.5, 0.6) is 0 Å². The van der Waals surface area contributed by atoms with Gasteiger partial charge < -0.3 is 10.3 Å². The molecule has 1 saturated carbocycles. The van der Waals surface area contributed by atoms with Gasteiger partial charge in [-0.3, -0.25) is 4.98 Å². The summed E-state index contributed by atoms with van der Waals surface area (Å²) in [5.41, 5.74) is 5.88. The standard InChI is InChI=1S/C19H17N5/c1-20-12-4-5-15-16(11-12)24-18(23-15)19(8-9-19)17-7-6-13-14(22-17)3-2-10-21-13/h4-7,11,21H,2-3,8-10H2,(H,23,24). The molecule has 2 N–H and O–H groups in total. The van der Waals surface area contributed by atoms with E-state index in [1.165, 1.54) is 11.4 Å². The number of aromatic nitrogens is 3. The molecule has 1 fully saturated rings. The number of imidazole rings is 1. The minimum atomic E-state index is -0.0796. The average molecular weight is 315 g/mol. The Hall–Kier alpha value is -2.87. The van der Waals surface area contributed by atoms with E-state index >= 15 is 0 Å². The number of H-pyrrole nitrogens is 1. The lowest BCUT2D eigenvalue weighted by molar-refractivity contribution is 0.721. The van der Waals surface area contributed by atoms with Gasteiger partial charge in [0.05, 0.1) is 40.1 Å². The highest BCUT2D eigenvalue weighted by molar-refractivity contribution is 5.80. The summed E-state index contributed by atoms with van der Waals surface area (Å²) in [6, 6.07) is 9.92. The smallest absolute Gasteiger partial charge is 0.189 e. The molecule has 24 heavy (non-hydrogen) atoms. The first-order valence-electron chi connectivity index (χ1n) is 8.40. The molecule has 118 valence electrons. The number of hydrogen-bond acceptors (Lipinski definition) is 3. The molecule has 0 bridgehead atoms. The van der Waals surface area contributed by atoms with Crippen molar-refractivity contribution in [1.82, 2.24) is 15.0 Å². The number of benzene rings is 1. The molecule has 1 aliphatic heterocycles. The zero-order chi connectivity index (χ0) is 16.1. The van der Waals surface area contributed by atoms with Gasteiger partial charge >= 0.3 is 0 Å². The molecular formula is C19H17N5. The van der Waals surface area contributed by atoms with Crippen LogP contribution in [0, 0.1) is 6.57 Å². The molecule has 1 aromatic carbocycles. The van der Waals surface area contributed by atoms with Crippen LogP contribution < -0.4 is 5.32 Å². The minimum Gasteiger partial charge on any atom is -0.384 e. The first-order valence-corrected chi connectivity index (χ1v) is 8.40. The van der Waals surface area contributed by atoms with E-state index in [9.17, 15) is 0 Å². The first kappa shape index (κ1) is 13.6. The summed E-state index contributed by atoms with van der Waals surface area (Å²) in [6.07, 6.45) is 4.32. The Morgan fingerprint density at radius 3 is 2.88 bits per heavy atom. The van der Waals surface area contributed by atoms with E-state index in [0.717, 1.165) is 54.8 Å². The van der Waals surface area contributed by atoms with Crippen LogP contribution in [0.15, 0.2) is 30.3 Å². The van der Waals surface area contributed by atoms with Crippen LogP contribution in [-0.4, -0.2) is 21.5 Å². The molecule has 0 amide bonds. The van der Waals surface area contributed by atoms with Gasteiger partial charge in [0.1, 0.15) is 5.82 Å². The maximum atomic E-state index is 7.16. The maximum Gasteiger partial charge on any atom is 0.189 e. The van der Waals surface area contributed by atoms with E-state index in [1.807, 2.05) is 18.2 Å². The van der Waals surface area contributed by atoms with Crippen molar-refractivity contribution in [2.75, 3.05) is 11.9 Å². The monoisotopic (exact) mass is 315 g/mol. The molecule has 2 aromatic heterocycles. The lowest BCUT2D eigenvalue weighted by Gasteiger charge is -2.20. The van der Waals surface area contributed by atoms with Crippen molar-refractivity contribution < 1.29 is 0 Å². The van der Waals surface area contributed by atoms with Crippen LogP contribution in [0.4, 0.5) is 11.4 Å². The van der Waals surface area contributed by atoms with Gasteiger partial charge in [0.2, 0.25) is 0 Å². The second-order valence-electron chi connectivity index (χ2n) is 6.70. The number of nitrogens with zero attached hydrogens (tertiary/aromatic N) is 3. The third-order valence-electron chi connectivity index (χ3n) is 5.17. The Bertz CT molecular complexity index is 991. The second-order valence-corrected chi connectivity index (χ2v) is 6.70. The van der Waals surface area contributed by atoms with Crippen LogP contribution in [0.1, 0.15) is 36.5 Å². The third kappa shape index (κ3) is 1.93. The topological polar surface area (TPSA) is 58.0 Å². The van der Waals surface area contributed by atoms with E-state index < -0.39 is 0 Å². The third-order valence-corrected chi connectivity index (χ3v) is 5.17. The highest BCUT2D eigenvalue weighted by Crippen LogP contribution is 2.52. The van der Waals surface area contributed by atoms with E-state index in [1.54, 1.807) is 0 Å². The molecular weight excluding hydrogens is 298 g/mol. The van der Waals surface area contributed by atoms with E-state index in [2.05, 4.69) is 27.3 Å². The Morgan fingerprint density at radius 1 is 1.12 bits per heavy atom. The number of aromatic amines is 1. The molecule has 2 aliphatic rings. The van der Waals surface area contributed by atoms with Crippen LogP contribution in [0.25, 0.3) is 15.9 Å². The van der Waals surface area contributed by atoms with E-state index in [4.69, 9.17) is 16.5 Å². The Balaban J connectivity index is 1.59. The largest absolute Gasteiger partial charge is 0.384 e. The molecule has 0 radical (unpaired) electrons. The van der Waals surface area contributed by atoms with Gasteiger partial charge in [-0.1, -0.05) is 6.07 Å². The molecule has 5 nitrogen and oxygen atoms in total. The Labute approximate surface area is 140 Å². The van der Waals surface area contributed by atoms with Crippen molar-refractivity contribution >= 4 is 22.4 Å². The summed E-state index contributed by atoms with van der Waals surface area (Å²) in [6.45, 7) is 8.19. The number of nitrogens with one attached hydrogen (secondary N) is 2.